The van der Waals surface area contributed by atoms with E-state index in [0.29, 0.717) is 29.4 Å². The second-order valence-electron chi connectivity index (χ2n) is 5.48. The lowest BCUT2D eigenvalue weighted by atomic mass is 10.2. The molecule has 132 valence electrons. The maximum Gasteiger partial charge on any atom is 0.257 e. The van der Waals surface area contributed by atoms with Crippen LogP contribution in [0.25, 0.3) is 0 Å². The van der Waals surface area contributed by atoms with E-state index in [2.05, 4.69) is 5.32 Å². The maximum atomic E-state index is 12.3. The number of amides is 1. The lowest BCUT2D eigenvalue weighted by molar-refractivity contribution is 0.102. The summed E-state index contributed by atoms with van der Waals surface area (Å²) in [6, 6.07) is 9.23. The van der Waals surface area contributed by atoms with Crippen molar-refractivity contribution in [1.82, 2.24) is 0 Å². The fourth-order valence-corrected chi connectivity index (χ4v) is 4.83. The molecule has 1 heterocycles. The predicted molar refractivity (Wildman–Crippen MR) is 102 cm³/mol. The van der Waals surface area contributed by atoms with Crippen molar-refractivity contribution < 1.29 is 13.2 Å². The van der Waals surface area contributed by atoms with Gasteiger partial charge in [-0.25, -0.2) is 8.42 Å². The smallest absolute Gasteiger partial charge is 0.257 e. The molecule has 0 spiro atoms. The molecule has 1 N–H and O–H groups in total. The van der Waals surface area contributed by atoms with Crippen LogP contribution in [-0.2, 0) is 10.0 Å². The largest absolute Gasteiger partial charge is 0.321 e. The zero-order chi connectivity index (χ0) is 18.2. The molecule has 0 radical (unpaired) electrons. The first kappa shape index (κ1) is 18.3. The maximum absolute atomic E-state index is 12.3. The third-order valence-electron chi connectivity index (χ3n) is 3.76. The van der Waals surface area contributed by atoms with Crippen LogP contribution in [0.1, 0.15) is 16.8 Å². The molecule has 25 heavy (non-hydrogen) atoms. The predicted octanol–water partition coefficient (Wildman–Crippen LogP) is 4.44. The van der Waals surface area contributed by atoms with Crippen molar-refractivity contribution in [1.29, 1.82) is 0 Å². The standard InChI is InChI=1S/C16H13Cl3N2O3S/c17-10-2-4-12(13(18)8-10)16(22)20-15-5-3-11(9-14(15)19)21-6-1-7-25(21,23)24/h2-5,8-9H,1,6-7H2,(H,20,22). The molecule has 1 aliphatic rings. The summed E-state index contributed by atoms with van der Waals surface area (Å²) in [6.07, 6.45) is 0.577. The highest BCUT2D eigenvalue weighted by Gasteiger charge is 2.28. The number of rotatable bonds is 3. The zero-order valence-corrected chi connectivity index (χ0v) is 15.9. The van der Waals surface area contributed by atoms with E-state index in [1.54, 1.807) is 18.2 Å². The van der Waals surface area contributed by atoms with Crippen molar-refractivity contribution in [3.63, 3.8) is 0 Å². The first-order chi connectivity index (χ1) is 11.8. The third-order valence-corrected chi connectivity index (χ3v) is 6.49. The van der Waals surface area contributed by atoms with Gasteiger partial charge in [0.1, 0.15) is 0 Å². The average molecular weight is 420 g/mol. The summed E-state index contributed by atoms with van der Waals surface area (Å²) >= 11 is 18.0. The van der Waals surface area contributed by atoms with Crippen molar-refractivity contribution in [2.24, 2.45) is 0 Å². The van der Waals surface area contributed by atoms with Crippen LogP contribution < -0.4 is 9.62 Å². The van der Waals surface area contributed by atoms with Crippen LogP contribution in [0.3, 0.4) is 0 Å². The van der Waals surface area contributed by atoms with Gasteiger partial charge in [-0.1, -0.05) is 34.8 Å². The van der Waals surface area contributed by atoms with Gasteiger partial charge in [-0.15, -0.1) is 0 Å². The van der Waals surface area contributed by atoms with Gasteiger partial charge in [0.25, 0.3) is 5.91 Å². The number of nitrogens with one attached hydrogen (secondary N) is 1. The summed E-state index contributed by atoms with van der Waals surface area (Å²) < 4.78 is 25.3. The molecule has 1 saturated heterocycles. The normalized spacial score (nSPS) is 16.0. The Morgan fingerprint density at radius 1 is 1.04 bits per heavy atom. The van der Waals surface area contributed by atoms with E-state index in [9.17, 15) is 13.2 Å². The first-order valence-electron chi connectivity index (χ1n) is 7.34. The second-order valence-corrected chi connectivity index (χ2v) is 8.75. The molecule has 1 amide bonds. The van der Waals surface area contributed by atoms with Gasteiger partial charge in [0.2, 0.25) is 10.0 Å². The highest BCUT2D eigenvalue weighted by Crippen LogP contribution is 2.32. The molecule has 0 unspecified atom stereocenters. The summed E-state index contributed by atoms with van der Waals surface area (Å²) in [4.78, 5) is 12.3. The topological polar surface area (TPSA) is 66.5 Å². The number of carbonyl (C=O) groups is 1. The van der Waals surface area contributed by atoms with Crippen LogP contribution in [0.2, 0.25) is 15.1 Å². The molecule has 0 aliphatic carbocycles. The van der Waals surface area contributed by atoms with Crippen LogP contribution in [-0.4, -0.2) is 26.6 Å². The molecular formula is C16H13Cl3N2O3S. The van der Waals surface area contributed by atoms with Crippen molar-refractivity contribution in [3.8, 4) is 0 Å². The summed E-state index contributed by atoms with van der Waals surface area (Å²) in [5, 5.41) is 3.54. The van der Waals surface area contributed by atoms with Gasteiger partial charge >= 0.3 is 0 Å². The number of nitrogens with zero attached hydrogens (tertiary/aromatic N) is 1. The number of benzene rings is 2. The lowest BCUT2D eigenvalue weighted by Gasteiger charge is -2.18. The Balaban J connectivity index is 1.83. The number of hydrogen-bond acceptors (Lipinski definition) is 3. The zero-order valence-electron chi connectivity index (χ0n) is 12.8. The Kier molecular flexibility index (Phi) is 5.16. The van der Waals surface area contributed by atoms with Gasteiger partial charge in [-0.2, -0.15) is 0 Å². The van der Waals surface area contributed by atoms with Gasteiger partial charge in [-0.05, 0) is 42.8 Å². The van der Waals surface area contributed by atoms with Crippen LogP contribution in [0.4, 0.5) is 11.4 Å². The summed E-state index contributed by atoms with van der Waals surface area (Å²) in [6.45, 7) is 0.421. The van der Waals surface area contributed by atoms with Gasteiger partial charge in [0.15, 0.2) is 0 Å². The van der Waals surface area contributed by atoms with Crippen LogP contribution >= 0.6 is 34.8 Å². The Bertz CT molecular complexity index is 948. The van der Waals surface area contributed by atoms with Crippen LogP contribution in [0.15, 0.2) is 36.4 Å². The molecule has 1 aliphatic heterocycles. The highest BCUT2D eigenvalue weighted by molar-refractivity contribution is 7.93. The summed E-state index contributed by atoms with van der Waals surface area (Å²) in [5.41, 5.74) is 1.09. The lowest BCUT2D eigenvalue weighted by Crippen LogP contribution is -2.25. The molecule has 9 heteroatoms. The average Bonchev–Trinajstić information content (AvgIpc) is 2.88. The summed E-state index contributed by atoms with van der Waals surface area (Å²) in [5.74, 6) is -0.317. The minimum atomic E-state index is -3.29. The van der Waals surface area contributed by atoms with Gasteiger partial charge in [0, 0.05) is 11.6 Å². The van der Waals surface area contributed by atoms with Gasteiger partial charge in [-0.3, -0.25) is 9.10 Å². The van der Waals surface area contributed by atoms with Crippen molar-refractivity contribution in [2.75, 3.05) is 21.9 Å². The number of anilines is 2. The molecule has 5 nitrogen and oxygen atoms in total. The van der Waals surface area contributed by atoms with E-state index in [1.807, 2.05) is 0 Å². The molecule has 0 atom stereocenters. The quantitative estimate of drug-likeness (QED) is 0.800. The van der Waals surface area contributed by atoms with E-state index in [1.165, 1.54) is 22.5 Å². The molecule has 1 fully saturated rings. The second kappa shape index (κ2) is 7.03. The molecule has 0 aromatic heterocycles. The number of carbonyl (C=O) groups excluding carboxylic acids is 1. The Morgan fingerprint density at radius 2 is 1.80 bits per heavy atom. The van der Waals surface area contributed by atoms with E-state index in [0.717, 1.165) is 0 Å². The Labute approximate surface area is 160 Å². The van der Waals surface area contributed by atoms with Gasteiger partial charge < -0.3 is 5.32 Å². The Hall–Kier alpha value is -1.47. The number of hydrogen-bond donors (Lipinski definition) is 1. The highest BCUT2D eigenvalue weighted by atomic mass is 35.5. The van der Waals surface area contributed by atoms with E-state index < -0.39 is 15.9 Å². The van der Waals surface area contributed by atoms with Crippen LogP contribution in [0, 0.1) is 0 Å². The molecule has 0 saturated carbocycles. The van der Waals surface area contributed by atoms with E-state index >= 15 is 0 Å². The molecule has 2 aromatic carbocycles. The van der Waals surface area contributed by atoms with Crippen molar-refractivity contribution in [3.05, 3.63) is 57.0 Å². The number of sulfonamides is 1. The van der Waals surface area contributed by atoms with E-state index in [4.69, 9.17) is 34.8 Å². The molecule has 0 bridgehead atoms. The molecule has 3 rings (SSSR count). The fraction of sp³-hybridized carbons (Fsp3) is 0.188. The van der Waals surface area contributed by atoms with Crippen molar-refractivity contribution in [2.45, 2.75) is 6.42 Å². The monoisotopic (exact) mass is 418 g/mol. The minimum absolute atomic E-state index is 0.123. The third kappa shape index (κ3) is 3.87. The van der Waals surface area contributed by atoms with Crippen molar-refractivity contribution >= 4 is 62.1 Å². The molecule has 2 aromatic rings. The fourth-order valence-electron chi connectivity index (χ4n) is 2.55. The Morgan fingerprint density at radius 3 is 2.40 bits per heavy atom. The SMILES string of the molecule is O=C(Nc1ccc(N2CCCS2(=O)=O)cc1Cl)c1ccc(Cl)cc1Cl. The van der Waals surface area contributed by atoms with Gasteiger partial charge in [0.05, 0.1) is 32.7 Å². The first-order valence-corrected chi connectivity index (χ1v) is 10.1. The minimum Gasteiger partial charge on any atom is -0.321 e. The van der Waals surface area contributed by atoms with Crippen LogP contribution in [0.5, 0.6) is 0 Å². The van der Waals surface area contributed by atoms with E-state index in [-0.39, 0.29) is 21.4 Å². The molecular weight excluding hydrogens is 407 g/mol. The summed E-state index contributed by atoms with van der Waals surface area (Å²) in [7, 11) is -3.29. The number of halogens is 3.